The molecule has 1 atom stereocenters. The van der Waals surface area contributed by atoms with E-state index in [2.05, 4.69) is 30.1 Å². The molecular formula is C25H24N2O3. The molecule has 0 amide bonds. The van der Waals surface area contributed by atoms with Crippen molar-refractivity contribution >= 4 is 17.3 Å². The topological polar surface area (TPSA) is 50.8 Å². The summed E-state index contributed by atoms with van der Waals surface area (Å²) in [4.78, 5) is 15.2. The van der Waals surface area contributed by atoms with Crippen LogP contribution >= 0.6 is 0 Å². The quantitative estimate of drug-likeness (QED) is 0.615. The molecule has 0 bridgehead atoms. The highest BCUT2D eigenvalue weighted by atomic mass is 16.6. The molecule has 0 unspecified atom stereocenters. The van der Waals surface area contributed by atoms with Gasteiger partial charge in [0, 0.05) is 54.3 Å². The van der Waals surface area contributed by atoms with E-state index in [0.29, 0.717) is 17.1 Å². The van der Waals surface area contributed by atoms with Gasteiger partial charge in [-0.3, -0.25) is 0 Å². The third-order valence-electron chi connectivity index (χ3n) is 6.11. The van der Waals surface area contributed by atoms with E-state index < -0.39 is 5.60 Å². The number of carbonyl (C=O) groups is 1. The molecule has 1 N–H and O–H groups in total. The summed E-state index contributed by atoms with van der Waals surface area (Å²) in [6.07, 6.45) is 0. The predicted molar refractivity (Wildman–Crippen MR) is 118 cm³/mol. The minimum absolute atomic E-state index is 0.313. The molecule has 2 aliphatic heterocycles. The van der Waals surface area contributed by atoms with Crippen LogP contribution in [0.25, 0.3) is 0 Å². The third kappa shape index (κ3) is 2.45. The van der Waals surface area contributed by atoms with Crippen molar-refractivity contribution in [2.45, 2.75) is 19.4 Å². The molecule has 2 heterocycles. The van der Waals surface area contributed by atoms with Crippen molar-refractivity contribution in [3.8, 4) is 11.5 Å². The number of hydrogen-bond acceptors (Lipinski definition) is 5. The maximum absolute atomic E-state index is 12.9. The Morgan fingerprint density at radius 3 is 2.47 bits per heavy atom. The summed E-state index contributed by atoms with van der Waals surface area (Å²) in [5.74, 6) is 1.10. The molecule has 3 aromatic carbocycles. The predicted octanol–water partition coefficient (Wildman–Crippen LogP) is 5.14. The van der Waals surface area contributed by atoms with Gasteiger partial charge in [-0.15, -0.1) is 0 Å². The molecule has 0 fully saturated rings. The van der Waals surface area contributed by atoms with Gasteiger partial charge in [0.25, 0.3) is 0 Å². The second-order valence-corrected chi connectivity index (χ2v) is 7.53. The highest BCUT2D eigenvalue weighted by Crippen LogP contribution is 2.56. The number of fused-ring (bicyclic) bond motifs is 6. The van der Waals surface area contributed by atoms with Crippen LogP contribution in [-0.2, 0) is 10.3 Å². The Balaban J connectivity index is 1.80. The molecule has 0 radical (unpaired) electrons. The van der Waals surface area contributed by atoms with Crippen molar-refractivity contribution in [1.29, 1.82) is 0 Å². The maximum atomic E-state index is 12.9. The SMILES string of the molecule is CCN(CC)c1ccc2c(c1)Oc1ccc(NC)cc1[C@]21OC(=O)c2ccccc21. The number of rotatable bonds is 4. The summed E-state index contributed by atoms with van der Waals surface area (Å²) in [5.41, 5.74) is 4.12. The molecule has 5 rings (SSSR count). The number of carbonyl (C=O) groups excluding carboxylic acids is 1. The molecule has 2 aliphatic rings. The molecule has 0 saturated carbocycles. The lowest BCUT2D eigenvalue weighted by Gasteiger charge is -2.37. The standard InChI is InChI=1S/C25H24N2O3/c1-4-27(5-2)17-11-12-20-23(15-17)29-22-13-10-16(26-3)14-21(22)25(20)19-9-7-6-8-18(19)24(28)30-25/h6-15,26H,4-5H2,1-3H3/t25-/m1/s1. The number of nitrogens with zero attached hydrogens (tertiary/aromatic N) is 1. The second kappa shape index (κ2) is 6.80. The van der Waals surface area contributed by atoms with Crippen LogP contribution in [0.4, 0.5) is 11.4 Å². The fourth-order valence-corrected chi connectivity index (χ4v) is 4.60. The first kappa shape index (κ1) is 18.6. The molecule has 0 aromatic heterocycles. The zero-order valence-corrected chi connectivity index (χ0v) is 17.4. The monoisotopic (exact) mass is 400 g/mol. The van der Waals surface area contributed by atoms with Crippen molar-refractivity contribution in [3.63, 3.8) is 0 Å². The summed E-state index contributed by atoms with van der Waals surface area (Å²) in [5, 5.41) is 3.18. The van der Waals surface area contributed by atoms with Gasteiger partial charge in [0.2, 0.25) is 0 Å². The average molecular weight is 400 g/mol. The van der Waals surface area contributed by atoms with Crippen LogP contribution < -0.4 is 15.0 Å². The highest BCUT2D eigenvalue weighted by molar-refractivity contribution is 5.97. The second-order valence-electron chi connectivity index (χ2n) is 7.53. The van der Waals surface area contributed by atoms with E-state index in [0.717, 1.165) is 41.2 Å². The highest BCUT2D eigenvalue weighted by Gasteiger charge is 2.53. The number of benzene rings is 3. The normalized spacial score (nSPS) is 18.2. The van der Waals surface area contributed by atoms with Crippen LogP contribution in [0.3, 0.4) is 0 Å². The summed E-state index contributed by atoms with van der Waals surface area (Å²) < 4.78 is 12.6. The van der Waals surface area contributed by atoms with Crippen molar-refractivity contribution in [1.82, 2.24) is 0 Å². The van der Waals surface area contributed by atoms with E-state index in [1.54, 1.807) is 0 Å². The molecule has 0 aliphatic carbocycles. The van der Waals surface area contributed by atoms with Gasteiger partial charge in [0.15, 0.2) is 5.60 Å². The van der Waals surface area contributed by atoms with E-state index in [-0.39, 0.29) is 5.97 Å². The van der Waals surface area contributed by atoms with Crippen molar-refractivity contribution < 1.29 is 14.3 Å². The van der Waals surface area contributed by atoms with E-state index in [1.807, 2.05) is 61.6 Å². The number of ether oxygens (including phenoxy) is 2. The zero-order chi connectivity index (χ0) is 20.9. The summed E-state index contributed by atoms with van der Waals surface area (Å²) in [6, 6.07) is 19.7. The Labute approximate surface area is 176 Å². The van der Waals surface area contributed by atoms with Gasteiger partial charge in [0.05, 0.1) is 5.56 Å². The Kier molecular flexibility index (Phi) is 4.21. The van der Waals surface area contributed by atoms with Gasteiger partial charge < -0.3 is 19.7 Å². The van der Waals surface area contributed by atoms with Crippen molar-refractivity contribution in [3.05, 3.63) is 82.9 Å². The van der Waals surface area contributed by atoms with E-state index in [1.165, 1.54) is 0 Å². The van der Waals surface area contributed by atoms with Crippen LogP contribution in [-0.4, -0.2) is 26.1 Å². The molecule has 3 aromatic rings. The molecule has 1 spiro atoms. The first-order valence-corrected chi connectivity index (χ1v) is 10.3. The Morgan fingerprint density at radius 1 is 0.900 bits per heavy atom. The Bertz CT molecular complexity index is 1150. The Morgan fingerprint density at radius 2 is 1.70 bits per heavy atom. The van der Waals surface area contributed by atoms with E-state index in [9.17, 15) is 4.79 Å². The molecule has 5 heteroatoms. The van der Waals surface area contributed by atoms with Gasteiger partial charge in [0.1, 0.15) is 11.5 Å². The minimum atomic E-state index is -1.02. The lowest BCUT2D eigenvalue weighted by atomic mass is 9.77. The average Bonchev–Trinajstić information content (AvgIpc) is 3.08. The third-order valence-corrected chi connectivity index (χ3v) is 6.11. The molecule has 30 heavy (non-hydrogen) atoms. The summed E-state index contributed by atoms with van der Waals surface area (Å²) >= 11 is 0. The van der Waals surface area contributed by atoms with Crippen LogP contribution in [0, 0.1) is 0 Å². The minimum Gasteiger partial charge on any atom is -0.456 e. The van der Waals surface area contributed by atoms with E-state index >= 15 is 0 Å². The van der Waals surface area contributed by atoms with Crippen LogP contribution in [0.2, 0.25) is 0 Å². The van der Waals surface area contributed by atoms with Gasteiger partial charge in [-0.05, 0) is 50.2 Å². The van der Waals surface area contributed by atoms with Gasteiger partial charge in [-0.1, -0.05) is 18.2 Å². The summed E-state index contributed by atoms with van der Waals surface area (Å²) in [6.45, 7) is 6.07. The first-order valence-electron chi connectivity index (χ1n) is 10.3. The Hall–Kier alpha value is -3.47. The molecule has 5 nitrogen and oxygen atoms in total. The molecular weight excluding hydrogens is 376 g/mol. The largest absolute Gasteiger partial charge is 0.456 e. The number of esters is 1. The van der Waals surface area contributed by atoms with Gasteiger partial charge in [-0.25, -0.2) is 4.79 Å². The lowest BCUT2D eigenvalue weighted by molar-refractivity contribution is 0.0224. The number of nitrogens with one attached hydrogen (secondary N) is 1. The van der Waals surface area contributed by atoms with Gasteiger partial charge >= 0.3 is 5.97 Å². The van der Waals surface area contributed by atoms with Crippen molar-refractivity contribution in [2.75, 3.05) is 30.4 Å². The van der Waals surface area contributed by atoms with Crippen molar-refractivity contribution in [2.24, 2.45) is 0 Å². The molecule has 0 saturated heterocycles. The molecule has 152 valence electrons. The summed E-state index contributed by atoms with van der Waals surface area (Å²) in [7, 11) is 1.87. The smallest absolute Gasteiger partial charge is 0.340 e. The number of hydrogen-bond donors (Lipinski definition) is 1. The van der Waals surface area contributed by atoms with Gasteiger partial charge in [-0.2, -0.15) is 0 Å². The number of anilines is 2. The first-order chi connectivity index (χ1) is 14.6. The maximum Gasteiger partial charge on any atom is 0.340 e. The van der Waals surface area contributed by atoms with Crippen LogP contribution in [0.1, 0.15) is 40.9 Å². The fourth-order valence-electron chi connectivity index (χ4n) is 4.60. The van der Waals surface area contributed by atoms with E-state index in [4.69, 9.17) is 9.47 Å². The fraction of sp³-hybridized carbons (Fsp3) is 0.240. The zero-order valence-electron chi connectivity index (χ0n) is 17.4. The van der Waals surface area contributed by atoms with Crippen LogP contribution in [0.5, 0.6) is 11.5 Å². The lowest BCUT2D eigenvalue weighted by Crippen LogP contribution is -2.33. The van der Waals surface area contributed by atoms with Crippen LogP contribution in [0.15, 0.2) is 60.7 Å².